The Hall–Kier alpha value is -2.64. The summed E-state index contributed by atoms with van der Waals surface area (Å²) < 4.78 is 5.24. The number of benzene rings is 1. The van der Waals surface area contributed by atoms with E-state index >= 15 is 0 Å². The number of nitrogens with zero attached hydrogens (tertiary/aromatic N) is 3. The van der Waals surface area contributed by atoms with E-state index in [2.05, 4.69) is 40.7 Å². The highest BCUT2D eigenvalue weighted by Crippen LogP contribution is 2.39. The first kappa shape index (κ1) is 17.8. The van der Waals surface area contributed by atoms with E-state index in [-0.39, 0.29) is 0 Å². The number of hydrogen-bond acceptors (Lipinski definition) is 6. The van der Waals surface area contributed by atoms with Gasteiger partial charge in [-0.05, 0) is 38.4 Å². The summed E-state index contributed by atoms with van der Waals surface area (Å²) in [7, 11) is 1.59. The average molecular weight is 367 g/mol. The molecule has 27 heavy (non-hydrogen) atoms. The highest BCUT2D eigenvalue weighted by atomic mass is 16.5. The molecule has 0 radical (unpaired) electrons. The van der Waals surface area contributed by atoms with Crippen LogP contribution in [-0.4, -0.2) is 41.8 Å². The minimum atomic E-state index is -0.414. The third-order valence-electron chi connectivity index (χ3n) is 5.25. The largest absolute Gasteiger partial charge is 0.481 e. The molecule has 1 saturated heterocycles. The van der Waals surface area contributed by atoms with Gasteiger partial charge in [0.15, 0.2) is 5.84 Å². The van der Waals surface area contributed by atoms with Crippen molar-refractivity contribution in [1.82, 2.24) is 10.3 Å². The van der Waals surface area contributed by atoms with Crippen molar-refractivity contribution in [3.8, 4) is 5.88 Å². The molecule has 3 heterocycles. The first-order chi connectivity index (χ1) is 13.1. The van der Waals surface area contributed by atoms with Gasteiger partial charge in [0.2, 0.25) is 5.88 Å². The third-order valence-corrected chi connectivity index (χ3v) is 5.25. The van der Waals surface area contributed by atoms with E-state index in [1.807, 2.05) is 12.1 Å². The number of hydroxylamine groups is 1. The molecule has 0 saturated carbocycles. The third kappa shape index (κ3) is 3.36. The molecule has 0 aliphatic carbocycles. The summed E-state index contributed by atoms with van der Waals surface area (Å²) in [6.07, 6.45) is 3.28. The number of rotatable bonds is 3. The van der Waals surface area contributed by atoms with Crippen LogP contribution in [0.3, 0.4) is 0 Å². The molecule has 2 aliphatic heterocycles. The van der Waals surface area contributed by atoms with E-state index in [4.69, 9.17) is 9.73 Å². The number of anilines is 2. The summed E-state index contributed by atoms with van der Waals surface area (Å²) in [6, 6.07) is 10.1. The maximum atomic E-state index is 11.0. The molecule has 0 atom stereocenters. The van der Waals surface area contributed by atoms with Crippen LogP contribution in [0.15, 0.2) is 41.5 Å². The van der Waals surface area contributed by atoms with Gasteiger partial charge in [-0.15, -0.1) is 0 Å². The molecule has 0 unspecified atom stereocenters. The lowest BCUT2D eigenvalue weighted by atomic mass is 9.84. The molecule has 2 aliphatic rings. The van der Waals surface area contributed by atoms with Crippen LogP contribution in [0, 0.1) is 6.92 Å². The molecule has 2 aromatic rings. The molecule has 1 spiro atoms. The first-order valence-electron chi connectivity index (χ1n) is 9.24. The van der Waals surface area contributed by atoms with Gasteiger partial charge >= 0.3 is 0 Å². The average Bonchev–Trinajstić information content (AvgIpc) is 2.68. The zero-order chi connectivity index (χ0) is 18.9. The molecule has 3 N–H and O–H groups in total. The van der Waals surface area contributed by atoms with E-state index < -0.39 is 5.54 Å². The zero-order valence-electron chi connectivity index (χ0n) is 15.7. The lowest BCUT2D eigenvalue weighted by Crippen LogP contribution is -2.61. The van der Waals surface area contributed by atoms with Gasteiger partial charge in [-0.2, -0.15) is 0 Å². The molecule has 1 fully saturated rings. The van der Waals surface area contributed by atoms with Gasteiger partial charge < -0.3 is 15.4 Å². The number of aromatic nitrogens is 1. The van der Waals surface area contributed by atoms with Crippen molar-refractivity contribution in [3.63, 3.8) is 0 Å². The second-order valence-electron chi connectivity index (χ2n) is 7.14. The highest BCUT2D eigenvalue weighted by molar-refractivity contribution is 6.09. The predicted octanol–water partition coefficient (Wildman–Crippen LogP) is 2.74. The predicted molar refractivity (Wildman–Crippen MR) is 106 cm³/mol. The Morgan fingerprint density at radius 1 is 1.30 bits per heavy atom. The minimum Gasteiger partial charge on any atom is -0.481 e. The van der Waals surface area contributed by atoms with Crippen LogP contribution in [0.1, 0.15) is 24.0 Å². The van der Waals surface area contributed by atoms with E-state index in [1.54, 1.807) is 13.3 Å². The van der Waals surface area contributed by atoms with Crippen molar-refractivity contribution in [1.29, 1.82) is 0 Å². The Morgan fingerprint density at radius 2 is 2.11 bits per heavy atom. The summed E-state index contributed by atoms with van der Waals surface area (Å²) in [5, 5.41) is 19.2. The number of fused-ring (bicyclic) bond motifs is 1. The number of pyridine rings is 1. The van der Waals surface area contributed by atoms with E-state index in [1.165, 1.54) is 10.6 Å². The highest BCUT2D eigenvalue weighted by Gasteiger charge is 2.44. The number of aliphatic imine (C=N–C) groups is 1. The monoisotopic (exact) mass is 367 g/mol. The van der Waals surface area contributed by atoms with Crippen molar-refractivity contribution in [2.45, 2.75) is 31.8 Å². The van der Waals surface area contributed by atoms with E-state index in [0.717, 1.165) is 37.2 Å². The zero-order valence-corrected chi connectivity index (χ0v) is 15.7. The fourth-order valence-corrected chi connectivity index (χ4v) is 3.84. The van der Waals surface area contributed by atoms with Crippen LogP contribution < -0.4 is 20.4 Å². The molecule has 4 rings (SSSR count). The van der Waals surface area contributed by atoms with Crippen molar-refractivity contribution < 1.29 is 9.94 Å². The second kappa shape index (κ2) is 7.17. The Labute approximate surface area is 159 Å². The Morgan fingerprint density at radius 3 is 2.85 bits per heavy atom. The van der Waals surface area contributed by atoms with Gasteiger partial charge in [-0.3, -0.25) is 10.2 Å². The fourth-order valence-electron chi connectivity index (χ4n) is 3.84. The number of methoxy groups -OCH3 is 1. The summed E-state index contributed by atoms with van der Waals surface area (Å²) in [5.41, 5.74) is 3.30. The molecule has 0 bridgehead atoms. The van der Waals surface area contributed by atoms with Crippen molar-refractivity contribution >= 4 is 17.2 Å². The smallest absolute Gasteiger partial charge is 0.215 e. The number of ether oxygens (including phenoxy) is 1. The van der Waals surface area contributed by atoms with Gasteiger partial charge in [-0.25, -0.2) is 10.0 Å². The molecule has 142 valence electrons. The van der Waals surface area contributed by atoms with Crippen molar-refractivity contribution in [3.05, 3.63) is 47.7 Å². The van der Waals surface area contributed by atoms with Gasteiger partial charge in [0.25, 0.3) is 0 Å². The van der Waals surface area contributed by atoms with Crippen LogP contribution in [0.5, 0.6) is 5.88 Å². The summed E-state index contributed by atoms with van der Waals surface area (Å²) in [6.45, 7) is 4.31. The van der Waals surface area contributed by atoms with Gasteiger partial charge in [0.05, 0.1) is 31.1 Å². The lowest BCUT2D eigenvalue weighted by molar-refractivity contribution is 0.288. The van der Waals surface area contributed by atoms with Gasteiger partial charge in [0.1, 0.15) is 5.69 Å². The molecule has 1 aromatic carbocycles. The van der Waals surface area contributed by atoms with Crippen molar-refractivity contribution in [2.24, 2.45) is 4.99 Å². The van der Waals surface area contributed by atoms with Crippen LogP contribution in [0.25, 0.3) is 0 Å². The van der Waals surface area contributed by atoms with Crippen LogP contribution >= 0.6 is 0 Å². The van der Waals surface area contributed by atoms with E-state index in [9.17, 15) is 5.21 Å². The van der Waals surface area contributed by atoms with E-state index in [0.29, 0.717) is 23.9 Å². The van der Waals surface area contributed by atoms with Crippen LogP contribution in [-0.2, 0) is 6.54 Å². The number of hydrogen-bond donors (Lipinski definition) is 3. The number of amidine groups is 1. The van der Waals surface area contributed by atoms with Gasteiger partial charge in [0, 0.05) is 6.07 Å². The Bertz CT molecular complexity index is 861. The SMILES string of the molecule is COc1cc2c(cn1)N(O)C(=NCc1cccc(C)c1)C1(CCNCC1)N2. The molecule has 1 aromatic heterocycles. The Kier molecular flexibility index (Phi) is 4.72. The van der Waals surface area contributed by atoms with Crippen molar-refractivity contribution in [2.75, 3.05) is 30.6 Å². The van der Waals surface area contributed by atoms with Gasteiger partial charge in [-0.1, -0.05) is 29.8 Å². The van der Waals surface area contributed by atoms with Crippen LogP contribution in [0.4, 0.5) is 11.4 Å². The topological polar surface area (TPSA) is 82.0 Å². The number of nitrogens with one attached hydrogen (secondary N) is 2. The summed E-state index contributed by atoms with van der Waals surface area (Å²) >= 11 is 0. The molecule has 0 amide bonds. The minimum absolute atomic E-state index is 0.414. The molecule has 7 heteroatoms. The molecule has 7 nitrogen and oxygen atoms in total. The fraction of sp³-hybridized carbons (Fsp3) is 0.400. The molecular weight excluding hydrogens is 342 g/mol. The first-order valence-corrected chi connectivity index (χ1v) is 9.24. The molecular formula is C20H25N5O2. The number of piperidine rings is 1. The standard InChI is InChI=1S/C20H25N5O2/c1-14-4-3-5-15(10-14)12-23-19-20(6-8-21-9-7-20)24-16-11-18(27-2)22-13-17(16)25(19)26/h3-5,10-11,13,21,24,26H,6-9,12H2,1-2H3. The summed E-state index contributed by atoms with van der Waals surface area (Å²) in [5.74, 6) is 1.16. The maximum absolute atomic E-state index is 11.0. The number of aryl methyl sites for hydroxylation is 1. The normalized spacial score (nSPS) is 19.7. The van der Waals surface area contributed by atoms with Crippen LogP contribution in [0.2, 0.25) is 0 Å². The lowest BCUT2D eigenvalue weighted by Gasteiger charge is -2.46. The summed E-state index contributed by atoms with van der Waals surface area (Å²) in [4.78, 5) is 9.06. The quantitative estimate of drug-likeness (QED) is 0.774. The maximum Gasteiger partial charge on any atom is 0.215 e. The second-order valence-corrected chi connectivity index (χ2v) is 7.14. The Balaban J connectivity index is 1.73.